The Hall–Kier alpha value is -3.08. The van der Waals surface area contributed by atoms with Gasteiger partial charge in [-0.2, -0.15) is 0 Å². The predicted octanol–water partition coefficient (Wildman–Crippen LogP) is 3.38. The third kappa shape index (κ3) is 4.44. The third-order valence-corrected chi connectivity index (χ3v) is 3.06. The molecule has 0 unspecified atom stereocenters. The molecule has 2 rings (SSSR count). The molecule has 5 heteroatoms. The molecule has 2 aromatic carbocycles. The first kappa shape index (κ1) is 16.3. The van der Waals surface area contributed by atoms with E-state index in [4.69, 9.17) is 14.2 Å². The fraction of sp³-hybridized carbons (Fsp3) is 0.111. The van der Waals surface area contributed by atoms with Crippen molar-refractivity contribution in [1.82, 2.24) is 0 Å². The molecule has 0 fully saturated rings. The van der Waals surface area contributed by atoms with Crippen molar-refractivity contribution in [3.63, 3.8) is 0 Å². The van der Waals surface area contributed by atoms with Crippen molar-refractivity contribution in [3.05, 3.63) is 54.6 Å². The van der Waals surface area contributed by atoms with Crippen molar-refractivity contribution < 1.29 is 23.8 Å². The van der Waals surface area contributed by atoms with Crippen LogP contribution in [-0.4, -0.2) is 19.6 Å². The van der Waals surface area contributed by atoms with Crippen molar-refractivity contribution in [2.45, 2.75) is 6.92 Å². The van der Waals surface area contributed by atoms with Crippen LogP contribution in [-0.2, 0) is 9.59 Å². The fourth-order valence-electron chi connectivity index (χ4n) is 1.99. The van der Waals surface area contributed by atoms with Gasteiger partial charge in [-0.25, -0.2) is 0 Å². The average Bonchev–Trinajstić information content (AvgIpc) is 2.57. The Morgan fingerprint density at radius 2 is 1.57 bits per heavy atom. The highest BCUT2D eigenvalue weighted by Gasteiger charge is 2.09. The summed E-state index contributed by atoms with van der Waals surface area (Å²) >= 11 is 0. The quantitative estimate of drug-likeness (QED) is 0.552. The number of allylic oxidation sites excluding steroid dienone is 1. The van der Waals surface area contributed by atoms with Crippen LogP contribution in [0, 0.1) is 0 Å². The van der Waals surface area contributed by atoms with Crippen LogP contribution in [0.5, 0.6) is 17.2 Å². The van der Waals surface area contributed by atoms with Crippen LogP contribution < -0.4 is 14.2 Å². The van der Waals surface area contributed by atoms with Crippen LogP contribution in [0.15, 0.2) is 54.6 Å². The molecule has 0 radical (unpaired) electrons. The molecule has 0 saturated carbocycles. The zero-order valence-electron chi connectivity index (χ0n) is 12.6. The first-order valence-electron chi connectivity index (χ1n) is 6.97. The molecule has 0 heterocycles. The molecule has 0 bridgehead atoms. The lowest BCUT2D eigenvalue weighted by molar-refractivity contribution is -0.121. The van der Waals surface area contributed by atoms with Gasteiger partial charge in [0.25, 0.3) is 12.9 Å². The Kier molecular flexibility index (Phi) is 5.94. The molecule has 118 valence electrons. The number of hydrogen-bond donors (Lipinski definition) is 0. The SMILES string of the molecule is C/C=C/COc1cc(OC=O)ccc1-c1ccc(OC=O)cc1. The molecule has 0 spiro atoms. The largest absolute Gasteiger partial charge is 0.489 e. The van der Waals surface area contributed by atoms with Gasteiger partial charge in [0.2, 0.25) is 0 Å². The number of hydrogen-bond acceptors (Lipinski definition) is 5. The van der Waals surface area contributed by atoms with Gasteiger partial charge in [-0.1, -0.05) is 24.3 Å². The summed E-state index contributed by atoms with van der Waals surface area (Å²) in [6, 6.07) is 12.2. The zero-order chi connectivity index (χ0) is 16.5. The van der Waals surface area contributed by atoms with Gasteiger partial charge in [0.05, 0.1) is 0 Å². The second-order valence-corrected chi connectivity index (χ2v) is 4.49. The highest BCUT2D eigenvalue weighted by Crippen LogP contribution is 2.34. The molecule has 0 aliphatic heterocycles. The van der Waals surface area contributed by atoms with Crippen LogP contribution in [0.4, 0.5) is 0 Å². The van der Waals surface area contributed by atoms with Crippen LogP contribution in [0.2, 0.25) is 0 Å². The first-order valence-corrected chi connectivity index (χ1v) is 6.97. The van der Waals surface area contributed by atoms with Gasteiger partial charge in [0.1, 0.15) is 23.9 Å². The second-order valence-electron chi connectivity index (χ2n) is 4.49. The van der Waals surface area contributed by atoms with E-state index in [-0.39, 0.29) is 0 Å². The molecule has 0 N–H and O–H groups in total. The van der Waals surface area contributed by atoms with Crippen molar-refractivity contribution in [2.24, 2.45) is 0 Å². The molecule has 0 amide bonds. The maximum absolute atomic E-state index is 10.5. The number of ether oxygens (including phenoxy) is 3. The molecule has 0 aliphatic carbocycles. The lowest BCUT2D eigenvalue weighted by atomic mass is 10.0. The second kappa shape index (κ2) is 8.38. The minimum absolute atomic E-state index is 0.371. The van der Waals surface area contributed by atoms with Gasteiger partial charge in [0, 0.05) is 11.6 Å². The van der Waals surface area contributed by atoms with Gasteiger partial charge in [-0.05, 0) is 36.8 Å². The maximum Gasteiger partial charge on any atom is 0.298 e. The van der Waals surface area contributed by atoms with E-state index >= 15 is 0 Å². The summed E-state index contributed by atoms with van der Waals surface area (Å²) in [6.45, 7) is 3.06. The minimum atomic E-state index is 0.371. The third-order valence-electron chi connectivity index (χ3n) is 3.06. The Morgan fingerprint density at radius 3 is 2.22 bits per heavy atom. The molecule has 23 heavy (non-hydrogen) atoms. The van der Waals surface area contributed by atoms with Crippen molar-refractivity contribution in [2.75, 3.05) is 6.61 Å². The van der Waals surface area contributed by atoms with Gasteiger partial charge in [0.15, 0.2) is 0 Å². The monoisotopic (exact) mass is 312 g/mol. The first-order chi connectivity index (χ1) is 11.3. The van der Waals surface area contributed by atoms with Crippen LogP contribution in [0.3, 0.4) is 0 Å². The van der Waals surface area contributed by atoms with Crippen LogP contribution in [0.25, 0.3) is 11.1 Å². The lowest BCUT2D eigenvalue weighted by Gasteiger charge is -2.12. The average molecular weight is 312 g/mol. The summed E-state index contributed by atoms with van der Waals surface area (Å²) in [5, 5.41) is 0. The molecular weight excluding hydrogens is 296 g/mol. The molecule has 0 aliphatic rings. The number of carbonyl (C=O) groups is 2. The molecule has 0 aromatic heterocycles. The highest BCUT2D eigenvalue weighted by atomic mass is 16.5. The fourth-order valence-corrected chi connectivity index (χ4v) is 1.99. The Bertz CT molecular complexity index is 689. The zero-order valence-corrected chi connectivity index (χ0v) is 12.6. The Morgan fingerprint density at radius 1 is 0.913 bits per heavy atom. The summed E-state index contributed by atoms with van der Waals surface area (Å²) in [4.78, 5) is 20.8. The smallest absolute Gasteiger partial charge is 0.298 e. The number of rotatable bonds is 8. The van der Waals surface area contributed by atoms with E-state index in [9.17, 15) is 9.59 Å². The van der Waals surface area contributed by atoms with Gasteiger partial charge in [-0.3, -0.25) is 9.59 Å². The van der Waals surface area contributed by atoms with E-state index in [0.29, 0.717) is 36.8 Å². The van der Waals surface area contributed by atoms with E-state index in [2.05, 4.69) is 0 Å². The lowest BCUT2D eigenvalue weighted by Crippen LogP contribution is -1.97. The van der Waals surface area contributed by atoms with E-state index in [1.54, 1.807) is 30.3 Å². The van der Waals surface area contributed by atoms with Crippen LogP contribution >= 0.6 is 0 Å². The Balaban J connectivity index is 2.34. The summed E-state index contributed by atoms with van der Waals surface area (Å²) in [5.41, 5.74) is 1.72. The van der Waals surface area contributed by atoms with Crippen molar-refractivity contribution >= 4 is 12.9 Å². The van der Waals surface area contributed by atoms with E-state index in [0.717, 1.165) is 11.1 Å². The van der Waals surface area contributed by atoms with Crippen molar-refractivity contribution in [1.29, 1.82) is 0 Å². The molecule has 0 atom stereocenters. The molecule has 0 saturated heterocycles. The van der Waals surface area contributed by atoms with Gasteiger partial charge in [-0.15, -0.1) is 0 Å². The predicted molar refractivity (Wildman–Crippen MR) is 85.6 cm³/mol. The minimum Gasteiger partial charge on any atom is -0.489 e. The summed E-state index contributed by atoms with van der Waals surface area (Å²) in [5.74, 6) is 1.45. The topological polar surface area (TPSA) is 61.8 Å². The molecule has 2 aromatic rings. The van der Waals surface area contributed by atoms with Crippen LogP contribution in [0.1, 0.15) is 6.92 Å². The van der Waals surface area contributed by atoms with E-state index in [1.807, 2.05) is 31.2 Å². The van der Waals surface area contributed by atoms with Crippen molar-refractivity contribution in [3.8, 4) is 28.4 Å². The summed E-state index contributed by atoms with van der Waals surface area (Å²) in [6.07, 6.45) is 3.76. The summed E-state index contributed by atoms with van der Waals surface area (Å²) in [7, 11) is 0. The summed E-state index contributed by atoms with van der Waals surface area (Å²) < 4.78 is 15.4. The Labute approximate surface area is 134 Å². The van der Waals surface area contributed by atoms with Gasteiger partial charge >= 0.3 is 0 Å². The maximum atomic E-state index is 10.5. The van der Waals surface area contributed by atoms with E-state index < -0.39 is 0 Å². The highest BCUT2D eigenvalue weighted by molar-refractivity contribution is 5.72. The number of benzene rings is 2. The standard InChI is InChI=1S/C18H16O5/c1-2-3-10-21-18-11-16(23-13-20)8-9-17(18)14-4-6-15(7-5-14)22-12-19/h2-9,11-13H,10H2,1H3/b3-2+. The van der Waals surface area contributed by atoms with E-state index in [1.165, 1.54) is 0 Å². The number of carbonyl (C=O) groups excluding carboxylic acids is 2. The molecular formula is C18H16O5. The molecule has 5 nitrogen and oxygen atoms in total. The normalized spacial score (nSPS) is 10.3. The van der Waals surface area contributed by atoms with Gasteiger partial charge < -0.3 is 14.2 Å².